The zero-order valence-corrected chi connectivity index (χ0v) is 16.1. The van der Waals surface area contributed by atoms with Crippen molar-refractivity contribution in [2.45, 2.75) is 65.0 Å². The van der Waals surface area contributed by atoms with Crippen LogP contribution < -0.4 is 11.0 Å². The Morgan fingerprint density at radius 1 is 1.38 bits per heavy atom. The highest BCUT2D eigenvalue weighted by molar-refractivity contribution is 7.10. The van der Waals surface area contributed by atoms with Crippen molar-refractivity contribution in [1.82, 2.24) is 19.7 Å². The van der Waals surface area contributed by atoms with Gasteiger partial charge in [0.25, 0.3) is 5.91 Å². The second kappa shape index (κ2) is 7.39. The number of aryl methyl sites for hydroxylation is 2. The van der Waals surface area contributed by atoms with Gasteiger partial charge in [0.1, 0.15) is 5.82 Å². The first-order valence-corrected chi connectivity index (χ1v) is 10.6. The molecule has 0 radical (unpaired) electrons. The minimum absolute atomic E-state index is 0.00736. The van der Waals surface area contributed by atoms with Crippen LogP contribution in [0.2, 0.25) is 0 Å². The summed E-state index contributed by atoms with van der Waals surface area (Å²) in [7, 11) is 0. The number of amides is 1. The van der Waals surface area contributed by atoms with Crippen molar-refractivity contribution in [2.75, 3.05) is 6.54 Å². The number of rotatable bonds is 5. The maximum atomic E-state index is 12.5. The molecular formula is C19H26N4O2S. The lowest BCUT2D eigenvalue weighted by atomic mass is 9.88. The van der Waals surface area contributed by atoms with Crippen molar-refractivity contribution < 1.29 is 4.79 Å². The third-order valence-corrected chi connectivity index (χ3v) is 6.56. The van der Waals surface area contributed by atoms with Crippen LogP contribution in [0.1, 0.15) is 59.2 Å². The molecule has 1 amide bonds. The summed E-state index contributed by atoms with van der Waals surface area (Å²) in [4.78, 5) is 26.2. The second-order valence-corrected chi connectivity index (χ2v) is 8.50. The van der Waals surface area contributed by atoms with E-state index in [4.69, 9.17) is 0 Å². The summed E-state index contributed by atoms with van der Waals surface area (Å²) in [5.41, 5.74) is 2.10. The van der Waals surface area contributed by atoms with Gasteiger partial charge in [0.2, 0.25) is 0 Å². The molecule has 0 saturated carbocycles. The van der Waals surface area contributed by atoms with Crippen LogP contribution >= 0.6 is 11.3 Å². The summed E-state index contributed by atoms with van der Waals surface area (Å²) >= 11 is 1.72. The van der Waals surface area contributed by atoms with Gasteiger partial charge in [0.05, 0.1) is 5.56 Å². The lowest BCUT2D eigenvalue weighted by molar-refractivity contribution is 0.0951. The Labute approximate surface area is 157 Å². The Morgan fingerprint density at radius 3 is 3.12 bits per heavy atom. The molecule has 7 heteroatoms. The van der Waals surface area contributed by atoms with E-state index in [1.54, 1.807) is 20.6 Å². The zero-order valence-electron chi connectivity index (χ0n) is 15.3. The molecule has 0 bridgehead atoms. The first kappa shape index (κ1) is 17.5. The molecule has 1 aliphatic heterocycles. The predicted octanol–water partition coefficient (Wildman–Crippen LogP) is 2.39. The van der Waals surface area contributed by atoms with Gasteiger partial charge in [-0.25, -0.2) is 9.48 Å². The summed E-state index contributed by atoms with van der Waals surface area (Å²) in [5, 5.41) is 9.46. The van der Waals surface area contributed by atoms with E-state index in [-0.39, 0.29) is 11.6 Å². The van der Waals surface area contributed by atoms with Crippen molar-refractivity contribution in [3.63, 3.8) is 0 Å². The Balaban J connectivity index is 1.31. The molecule has 6 nitrogen and oxygen atoms in total. The van der Waals surface area contributed by atoms with E-state index in [0.717, 1.165) is 62.4 Å². The normalized spacial score (nSPS) is 19.0. The minimum atomic E-state index is -0.00736. The summed E-state index contributed by atoms with van der Waals surface area (Å²) in [6, 6.07) is 0. The Hall–Kier alpha value is -1.89. The molecule has 0 fully saturated rings. The molecule has 1 aliphatic carbocycles. The number of carbonyl (C=O) groups is 1. The smallest absolute Gasteiger partial charge is 0.345 e. The van der Waals surface area contributed by atoms with Crippen LogP contribution in [0, 0.1) is 5.92 Å². The molecule has 0 spiro atoms. The molecule has 26 heavy (non-hydrogen) atoms. The Morgan fingerprint density at radius 2 is 2.27 bits per heavy atom. The van der Waals surface area contributed by atoms with Crippen molar-refractivity contribution in [1.29, 1.82) is 0 Å². The molecule has 140 valence electrons. The lowest BCUT2D eigenvalue weighted by Gasteiger charge is -2.18. The molecule has 0 aromatic carbocycles. The van der Waals surface area contributed by atoms with Crippen LogP contribution in [0.15, 0.2) is 10.2 Å². The number of nitrogens with one attached hydrogen (secondary N) is 1. The molecule has 1 atom stereocenters. The number of nitrogens with zero attached hydrogens (tertiary/aromatic N) is 3. The number of fused-ring (bicyclic) bond motifs is 2. The number of hydrogen-bond donors (Lipinski definition) is 1. The average molecular weight is 375 g/mol. The fourth-order valence-electron chi connectivity index (χ4n) is 3.99. The highest BCUT2D eigenvalue weighted by atomic mass is 32.1. The summed E-state index contributed by atoms with van der Waals surface area (Å²) < 4.78 is 3.35. The first-order chi connectivity index (χ1) is 12.6. The topological polar surface area (TPSA) is 68.9 Å². The number of thiophene rings is 1. The van der Waals surface area contributed by atoms with Crippen molar-refractivity contribution in [3.05, 3.63) is 37.7 Å². The summed E-state index contributed by atoms with van der Waals surface area (Å²) in [6.07, 6.45) is 7.04. The Kier molecular flexibility index (Phi) is 4.98. The maximum Gasteiger partial charge on any atom is 0.345 e. The van der Waals surface area contributed by atoms with E-state index in [0.29, 0.717) is 19.5 Å². The van der Waals surface area contributed by atoms with Crippen LogP contribution in [0.3, 0.4) is 0 Å². The fraction of sp³-hybridized carbons (Fsp3) is 0.632. The van der Waals surface area contributed by atoms with Crippen molar-refractivity contribution in [3.8, 4) is 0 Å². The third kappa shape index (κ3) is 3.37. The minimum Gasteiger partial charge on any atom is -0.352 e. The molecule has 1 unspecified atom stereocenters. The molecule has 2 aromatic heterocycles. The molecule has 2 aromatic rings. The van der Waals surface area contributed by atoms with Gasteiger partial charge in [0, 0.05) is 36.3 Å². The highest BCUT2D eigenvalue weighted by Gasteiger charge is 2.23. The van der Waals surface area contributed by atoms with E-state index in [2.05, 4.69) is 17.3 Å². The number of carbonyl (C=O) groups excluding carboxylic acids is 1. The molecule has 4 rings (SSSR count). The van der Waals surface area contributed by atoms with Crippen molar-refractivity contribution >= 4 is 17.2 Å². The SMILES string of the molecule is CC1CCc2c(C(=O)NCCCn3nc4n(c3=O)CCCC4)csc2C1. The third-order valence-electron chi connectivity index (χ3n) is 5.51. The van der Waals surface area contributed by atoms with E-state index in [1.807, 2.05) is 5.38 Å². The van der Waals surface area contributed by atoms with Gasteiger partial charge in [-0.05, 0) is 50.0 Å². The quantitative estimate of drug-likeness (QED) is 0.817. The van der Waals surface area contributed by atoms with Crippen LogP contribution in [-0.2, 0) is 32.4 Å². The monoisotopic (exact) mass is 374 g/mol. The number of hydrogen-bond acceptors (Lipinski definition) is 4. The highest BCUT2D eigenvalue weighted by Crippen LogP contribution is 2.32. The van der Waals surface area contributed by atoms with Gasteiger partial charge in [-0.1, -0.05) is 6.92 Å². The first-order valence-electron chi connectivity index (χ1n) is 9.67. The number of aromatic nitrogens is 3. The molecule has 2 aliphatic rings. The van der Waals surface area contributed by atoms with Gasteiger partial charge >= 0.3 is 5.69 Å². The van der Waals surface area contributed by atoms with Crippen LogP contribution in [0.5, 0.6) is 0 Å². The van der Waals surface area contributed by atoms with Gasteiger partial charge in [-0.3, -0.25) is 9.36 Å². The largest absolute Gasteiger partial charge is 0.352 e. The van der Waals surface area contributed by atoms with E-state index < -0.39 is 0 Å². The second-order valence-electron chi connectivity index (χ2n) is 7.54. The molecule has 3 heterocycles. The summed E-state index contributed by atoms with van der Waals surface area (Å²) in [6.45, 7) is 4.18. The standard InChI is InChI=1S/C19H26N4O2S/c1-13-6-7-14-15(12-26-16(14)11-13)18(24)20-8-4-10-23-19(25)22-9-3-2-5-17(22)21-23/h12-13H,2-11H2,1H3,(H,20,24). The summed E-state index contributed by atoms with van der Waals surface area (Å²) in [5.74, 6) is 1.65. The van der Waals surface area contributed by atoms with Gasteiger partial charge < -0.3 is 5.32 Å². The zero-order chi connectivity index (χ0) is 18.1. The molecule has 1 N–H and O–H groups in total. The van der Waals surface area contributed by atoms with Crippen LogP contribution in [0.25, 0.3) is 0 Å². The van der Waals surface area contributed by atoms with Gasteiger partial charge in [-0.2, -0.15) is 5.10 Å². The average Bonchev–Trinajstić information content (AvgIpc) is 3.20. The van der Waals surface area contributed by atoms with Crippen molar-refractivity contribution in [2.24, 2.45) is 5.92 Å². The lowest BCUT2D eigenvalue weighted by Crippen LogP contribution is -2.29. The van der Waals surface area contributed by atoms with E-state index >= 15 is 0 Å². The fourth-order valence-corrected chi connectivity index (χ4v) is 5.23. The molecule has 0 saturated heterocycles. The maximum absolute atomic E-state index is 12.5. The Bertz CT molecular complexity index is 864. The van der Waals surface area contributed by atoms with E-state index in [1.165, 1.54) is 10.4 Å². The van der Waals surface area contributed by atoms with Crippen LogP contribution in [-0.4, -0.2) is 26.8 Å². The van der Waals surface area contributed by atoms with Crippen LogP contribution in [0.4, 0.5) is 0 Å². The van der Waals surface area contributed by atoms with E-state index in [9.17, 15) is 9.59 Å². The van der Waals surface area contributed by atoms with Gasteiger partial charge in [-0.15, -0.1) is 11.3 Å². The molecular weight excluding hydrogens is 348 g/mol. The predicted molar refractivity (Wildman–Crippen MR) is 102 cm³/mol. The van der Waals surface area contributed by atoms with Gasteiger partial charge in [0.15, 0.2) is 0 Å².